The number of benzene rings is 6. The van der Waals surface area contributed by atoms with Gasteiger partial charge in [-0.1, -0.05) is 79.7 Å². The highest BCUT2D eigenvalue weighted by Crippen LogP contribution is 2.49. The molecule has 7 rings (SSSR count). The molecule has 43 heavy (non-hydrogen) atoms. The predicted octanol–water partition coefficient (Wildman–Crippen LogP) is 10.6. The van der Waals surface area contributed by atoms with Crippen LogP contribution in [-0.4, -0.2) is 5.11 Å². The number of anilines is 6. The van der Waals surface area contributed by atoms with Crippen LogP contribution in [0.1, 0.15) is 35.1 Å². The van der Waals surface area contributed by atoms with Crippen LogP contribution in [0.25, 0.3) is 11.1 Å². The van der Waals surface area contributed by atoms with E-state index in [-0.39, 0.29) is 12.5 Å². The van der Waals surface area contributed by atoms with E-state index in [0.717, 1.165) is 39.7 Å². The van der Waals surface area contributed by atoms with Gasteiger partial charge >= 0.3 is 0 Å². The monoisotopic (exact) mass is 558 g/mol. The maximum atomic E-state index is 9.85. The van der Waals surface area contributed by atoms with Crippen molar-refractivity contribution >= 4 is 34.1 Å². The smallest absolute Gasteiger partial charge is 0.0682 e. The van der Waals surface area contributed by atoms with E-state index in [9.17, 15) is 5.11 Å². The van der Waals surface area contributed by atoms with Crippen LogP contribution in [0.4, 0.5) is 34.1 Å². The van der Waals surface area contributed by atoms with Crippen LogP contribution in [0, 0.1) is 6.92 Å². The molecule has 3 heteroatoms. The number of aryl methyl sites for hydroxylation is 1. The van der Waals surface area contributed by atoms with E-state index < -0.39 is 0 Å². The molecule has 210 valence electrons. The fraction of sp³-hybridized carbons (Fsp3) is 0.100. The number of aliphatic hydroxyl groups is 1. The van der Waals surface area contributed by atoms with Crippen molar-refractivity contribution in [2.75, 3.05) is 9.80 Å². The summed E-state index contributed by atoms with van der Waals surface area (Å²) < 4.78 is 0. The maximum absolute atomic E-state index is 9.85. The minimum absolute atomic E-state index is 0.0118. The van der Waals surface area contributed by atoms with E-state index in [4.69, 9.17) is 0 Å². The molecule has 0 spiro atoms. The lowest BCUT2D eigenvalue weighted by Gasteiger charge is -2.27. The Hall–Kier alpha value is -5.12. The zero-order valence-electron chi connectivity index (χ0n) is 24.5. The Bertz CT molecular complexity index is 1900. The van der Waals surface area contributed by atoms with Gasteiger partial charge in [0.05, 0.1) is 6.61 Å². The van der Waals surface area contributed by atoms with E-state index >= 15 is 0 Å². The van der Waals surface area contributed by atoms with Crippen molar-refractivity contribution in [3.8, 4) is 11.1 Å². The highest BCUT2D eigenvalue weighted by Gasteiger charge is 2.28. The first kappa shape index (κ1) is 26.8. The van der Waals surface area contributed by atoms with Gasteiger partial charge in [-0.05, 0) is 113 Å². The molecule has 0 amide bonds. The minimum Gasteiger partial charge on any atom is -0.392 e. The van der Waals surface area contributed by atoms with Crippen molar-refractivity contribution in [3.63, 3.8) is 0 Å². The van der Waals surface area contributed by atoms with Gasteiger partial charge in [-0.2, -0.15) is 0 Å². The quantitative estimate of drug-likeness (QED) is 0.211. The molecule has 6 aromatic rings. The van der Waals surface area contributed by atoms with E-state index in [1.165, 1.54) is 27.8 Å². The van der Waals surface area contributed by atoms with Crippen LogP contribution in [-0.2, 0) is 6.61 Å². The number of hydrogen-bond acceptors (Lipinski definition) is 3. The number of hydrogen-bond donors (Lipinski definition) is 1. The molecule has 0 aliphatic heterocycles. The van der Waals surface area contributed by atoms with E-state index in [1.807, 2.05) is 18.2 Å². The molecule has 0 bridgehead atoms. The summed E-state index contributed by atoms with van der Waals surface area (Å²) in [5.41, 5.74) is 14.0. The number of para-hydroxylation sites is 2. The van der Waals surface area contributed by atoms with Crippen molar-refractivity contribution in [2.24, 2.45) is 0 Å². The molecule has 0 aromatic heterocycles. The van der Waals surface area contributed by atoms with E-state index in [2.05, 4.69) is 151 Å². The lowest BCUT2D eigenvalue weighted by Crippen LogP contribution is -2.11. The summed E-state index contributed by atoms with van der Waals surface area (Å²) in [6, 6.07) is 51.6. The third-order valence-corrected chi connectivity index (χ3v) is 8.45. The molecule has 1 atom stereocenters. The Morgan fingerprint density at radius 1 is 0.488 bits per heavy atom. The molecule has 0 saturated carbocycles. The van der Waals surface area contributed by atoms with Gasteiger partial charge in [-0.3, -0.25) is 0 Å². The molecule has 0 fully saturated rings. The van der Waals surface area contributed by atoms with Crippen LogP contribution in [0.3, 0.4) is 0 Å². The second kappa shape index (κ2) is 11.3. The largest absolute Gasteiger partial charge is 0.392 e. The summed E-state index contributed by atoms with van der Waals surface area (Å²) in [4.78, 5) is 4.62. The maximum Gasteiger partial charge on any atom is 0.0682 e. The topological polar surface area (TPSA) is 26.7 Å². The summed E-state index contributed by atoms with van der Waals surface area (Å²) in [5, 5.41) is 9.85. The molecule has 1 unspecified atom stereocenters. The van der Waals surface area contributed by atoms with Gasteiger partial charge in [0.2, 0.25) is 0 Å². The second-order valence-electron chi connectivity index (χ2n) is 11.3. The van der Waals surface area contributed by atoms with Crippen LogP contribution in [0.15, 0.2) is 146 Å². The summed E-state index contributed by atoms with van der Waals surface area (Å²) >= 11 is 0. The Morgan fingerprint density at radius 3 is 1.47 bits per heavy atom. The average molecular weight is 559 g/mol. The highest BCUT2D eigenvalue weighted by atomic mass is 16.3. The van der Waals surface area contributed by atoms with Gasteiger partial charge in [0.15, 0.2) is 0 Å². The second-order valence-corrected chi connectivity index (χ2v) is 11.3. The average Bonchev–Trinajstić information content (AvgIpc) is 3.33. The molecular formula is C40H34N2O. The predicted molar refractivity (Wildman–Crippen MR) is 179 cm³/mol. The summed E-state index contributed by atoms with van der Waals surface area (Å²) in [5.74, 6) is 0.237. The molecule has 0 saturated heterocycles. The van der Waals surface area contributed by atoms with Crippen LogP contribution in [0.2, 0.25) is 0 Å². The van der Waals surface area contributed by atoms with E-state index in [1.54, 1.807) is 0 Å². The minimum atomic E-state index is 0.0118. The first-order valence-electron chi connectivity index (χ1n) is 14.9. The summed E-state index contributed by atoms with van der Waals surface area (Å²) in [7, 11) is 0. The number of nitrogens with zero attached hydrogens (tertiary/aromatic N) is 2. The van der Waals surface area contributed by atoms with Crippen molar-refractivity contribution < 1.29 is 5.11 Å². The van der Waals surface area contributed by atoms with Gasteiger partial charge in [-0.25, -0.2) is 0 Å². The van der Waals surface area contributed by atoms with Crippen molar-refractivity contribution in [2.45, 2.75) is 26.4 Å². The van der Waals surface area contributed by atoms with Crippen LogP contribution >= 0.6 is 0 Å². The number of fused-ring (bicyclic) bond motifs is 3. The molecule has 1 aliphatic carbocycles. The Balaban J connectivity index is 1.31. The molecular weight excluding hydrogens is 524 g/mol. The van der Waals surface area contributed by atoms with Crippen molar-refractivity contribution in [1.82, 2.24) is 0 Å². The third-order valence-electron chi connectivity index (χ3n) is 8.45. The SMILES string of the molecule is Cc1cccc(N(c2ccccc2)c2ccc3c(c2)C(C)c2cc(N(c4ccccc4)c4cccc(CO)c4)ccc2-3)c1. The van der Waals surface area contributed by atoms with Gasteiger partial charge < -0.3 is 14.9 Å². The Labute approximate surface area is 253 Å². The molecule has 3 nitrogen and oxygen atoms in total. The van der Waals surface area contributed by atoms with Gasteiger partial charge in [0, 0.05) is 40.0 Å². The first-order chi connectivity index (χ1) is 21.1. The normalized spacial score (nSPS) is 13.3. The molecule has 6 aromatic carbocycles. The zero-order chi connectivity index (χ0) is 29.3. The number of aliphatic hydroxyl groups excluding tert-OH is 1. The zero-order valence-corrected chi connectivity index (χ0v) is 24.5. The van der Waals surface area contributed by atoms with Crippen molar-refractivity contribution in [3.05, 3.63) is 168 Å². The van der Waals surface area contributed by atoms with Gasteiger partial charge in [-0.15, -0.1) is 0 Å². The standard InChI is InChI=1S/C40H34N2O/c1-28-11-9-17-33(23-28)41(31-13-5-3-6-14-31)35-19-21-37-38-22-20-36(26-40(38)29(2)39(37)25-35)42(32-15-7-4-8-16-32)34-18-10-12-30(24-34)27-43/h3-26,29,43H,27H2,1-2H3. The lowest BCUT2D eigenvalue weighted by molar-refractivity contribution is 0.282. The Kier molecular flexibility index (Phi) is 7.02. The van der Waals surface area contributed by atoms with Crippen LogP contribution in [0.5, 0.6) is 0 Å². The van der Waals surface area contributed by atoms with Gasteiger partial charge in [0.25, 0.3) is 0 Å². The first-order valence-corrected chi connectivity index (χ1v) is 14.9. The molecule has 1 aliphatic rings. The number of rotatable bonds is 7. The molecule has 0 radical (unpaired) electrons. The van der Waals surface area contributed by atoms with Gasteiger partial charge in [0.1, 0.15) is 0 Å². The summed E-state index contributed by atoms with van der Waals surface area (Å²) in [6.45, 7) is 4.47. The Morgan fingerprint density at radius 2 is 0.953 bits per heavy atom. The van der Waals surface area contributed by atoms with Crippen LogP contribution < -0.4 is 9.80 Å². The van der Waals surface area contributed by atoms with Crippen molar-refractivity contribution in [1.29, 1.82) is 0 Å². The fourth-order valence-electron chi connectivity index (χ4n) is 6.36. The lowest BCUT2D eigenvalue weighted by atomic mass is 9.98. The fourth-order valence-corrected chi connectivity index (χ4v) is 6.36. The summed E-state index contributed by atoms with van der Waals surface area (Å²) in [6.07, 6.45) is 0. The molecule has 0 heterocycles. The molecule has 1 N–H and O–H groups in total. The highest BCUT2D eigenvalue weighted by molar-refractivity contribution is 5.87. The van der Waals surface area contributed by atoms with E-state index in [0.29, 0.717) is 0 Å². The third kappa shape index (κ3) is 4.98.